The van der Waals surface area contributed by atoms with Gasteiger partial charge in [-0.1, -0.05) is 12.1 Å². The molecule has 0 spiro atoms. The Bertz CT molecular complexity index is 358. The number of hydrogen-bond acceptors (Lipinski definition) is 4. The van der Waals surface area contributed by atoms with Gasteiger partial charge in [0, 0.05) is 6.92 Å². The molecule has 0 heterocycles. The van der Waals surface area contributed by atoms with Crippen molar-refractivity contribution >= 4 is 11.9 Å². The lowest BCUT2D eigenvalue weighted by molar-refractivity contribution is -0.211. The van der Waals surface area contributed by atoms with E-state index in [4.69, 9.17) is 5.11 Å². The van der Waals surface area contributed by atoms with Gasteiger partial charge >= 0.3 is 11.9 Å². The Balaban J connectivity index is 2.84. The summed E-state index contributed by atoms with van der Waals surface area (Å²) in [4.78, 5) is 29.8. The molecule has 5 heteroatoms. The van der Waals surface area contributed by atoms with Gasteiger partial charge in [0.2, 0.25) is 0 Å². The van der Waals surface area contributed by atoms with E-state index >= 15 is 0 Å². The quantitative estimate of drug-likeness (QED) is 0.581. The summed E-state index contributed by atoms with van der Waals surface area (Å²) < 4.78 is 0. The topological polar surface area (TPSA) is 72.8 Å². The average molecular weight is 196 g/mol. The lowest BCUT2D eigenvalue weighted by Gasteiger charge is -2.04. The number of carbonyl (C=O) groups excluding carboxylic acids is 1. The van der Waals surface area contributed by atoms with Gasteiger partial charge in [-0.15, -0.1) is 0 Å². The Morgan fingerprint density at radius 1 is 1.29 bits per heavy atom. The van der Waals surface area contributed by atoms with Crippen LogP contribution in [0.4, 0.5) is 0 Å². The number of carboxylic acids is 1. The molecule has 0 bridgehead atoms. The number of para-hydroxylation sites is 1. The maximum absolute atomic E-state index is 10.6. The molecule has 1 aromatic rings. The second kappa shape index (κ2) is 4.27. The molecular weight excluding hydrogens is 188 g/mol. The van der Waals surface area contributed by atoms with E-state index in [0.29, 0.717) is 0 Å². The van der Waals surface area contributed by atoms with Crippen LogP contribution in [0, 0.1) is 0 Å². The van der Waals surface area contributed by atoms with E-state index < -0.39 is 11.9 Å². The summed E-state index contributed by atoms with van der Waals surface area (Å²) in [6.07, 6.45) is 0. The Hall–Kier alpha value is -2.04. The van der Waals surface area contributed by atoms with Crippen LogP contribution in [-0.4, -0.2) is 17.0 Å². The van der Waals surface area contributed by atoms with Crippen LogP contribution < -0.4 is 4.89 Å². The van der Waals surface area contributed by atoms with Crippen molar-refractivity contribution in [2.75, 3.05) is 0 Å². The van der Waals surface area contributed by atoms with E-state index in [9.17, 15) is 9.59 Å². The largest absolute Gasteiger partial charge is 0.478 e. The first-order chi connectivity index (χ1) is 6.61. The van der Waals surface area contributed by atoms with Crippen molar-refractivity contribution in [1.82, 2.24) is 0 Å². The van der Waals surface area contributed by atoms with Crippen LogP contribution in [0.25, 0.3) is 0 Å². The third-order valence-corrected chi connectivity index (χ3v) is 1.37. The first kappa shape index (κ1) is 10.0. The fourth-order valence-electron chi connectivity index (χ4n) is 0.820. The first-order valence-electron chi connectivity index (χ1n) is 3.78. The second-order valence-corrected chi connectivity index (χ2v) is 2.46. The summed E-state index contributed by atoms with van der Waals surface area (Å²) in [5, 5.41) is 8.71. The zero-order valence-corrected chi connectivity index (χ0v) is 7.39. The molecule has 0 atom stereocenters. The molecule has 0 amide bonds. The van der Waals surface area contributed by atoms with Gasteiger partial charge in [0.1, 0.15) is 5.56 Å². The number of aromatic carboxylic acids is 1. The minimum atomic E-state index is -1.15. The molecule has 74 valence electrons. The summed E-state index contributed by atoms with van der Waals surface area (Å²) in [6, 6.07) is 5.86. The number of rotatable bonds is 3. The molecule has 0 radical (unpaired) electrons. The third kappa shape index (κ3) is 2.48. The van der Waals surface area contributed by atoms with Crippen LogP contribution in [0.1, 0.15) is 17.3 Å². The Kier molecular flexibility index (Phi) is 3.06. The van der Waals surface area contributed by atoms with E-state index in [1.54, 1.807) is 12.1 Å². The van der Waals surface area contributed by atoms with Gasteiger partial charge in [0.05, 0.1) is 0 Å². The Labute approximate surface area is 79.8 Å². The predicted molar refractivity (Wildman–Crippen MR) is 45.8 cm³/mol. The lowest BCUT2D eigenvalue weighted by Crippen LogP contribution is -2.06. The smallest absolute Gasteiger partial charge is 0.352 e. The van der Waals surface area contributed by atoms with Crippen molar-refractivity contribution in [3.8, 4) is 5.75 Å². The highest BCUT2D eigenvalue weighted by atomic mass is 17.2. The van der Waals surface area contributed by atoms with Crippen molar-refractivity contribution in [3.05, 3.63) is 29.8 Å². The highest BCUT2D eigenvalue weighted by molar-refractivity contribution is 5.90. The van der Waals surface area contributed by atoms with Gasteiger partial charge in [-0.3, -0.25) is 9.78 Å². The minimum Gasteiger partial charge on any atom is -0.478 e. The molecule has 1 rings (SSSR count). The number of carbonyl (C=O) groups is 2. The number of benzene rings is 1. The first-order valence-corrected chi connectivity index (χ1v) is 3.78. The van der Waals surface area contributed by atoms with Crippen molar-refractivity contribution < 1.29 is 24.5 Å². The summed E-state index contributed by atoms with van der Waals surface area (Å²) in [7, 11) is 0. The van der Waals surface area contributed by atoms with Gasteiger partial charge in [-0.05, 0) is 12.1 Å². The fourth-order valence-corrected chi connectivity index (χ4v) is 0.820. The number of hydrogen-bond donors (Lipinski definition) is 1. The molecule has 1 aromatic carbocycles. The van der Waals surface area contributed by atoms with Crippen molar-refractivity contribution in [2.24, 2.45) is 0 Å². The molecule has 0 aliphatic carbocycles. The molecule has 0 unspecified atom stereocenters. The highest BCUT2D eigenvalue weighted by Crippen LogP contribution is 2.17. The van der Waals surface area contributed by atoms with Gasteiger partial charge in [0.25, 0.3) is 0 Å². The van der Waals surface area contributed by atoms with Crippen molar-refractivity contribution in [2.45, 2.75) is 6.92 Å². The minimum absolute atomic E-state index is 0.00444. The monoisotopic (exact) mass is 196 g/mol. The normalized spacial score (nSPS) is 9.21. The summed E-state index contributed by atoms with van der Waals surface area (Å²) >= 11 is 0. The molecule has 1 N–H and O–H groups in total. The Morgan fingerprint density at radius 2 is 1.93 bits per heavy atom. The van der Waals surface area contributed by atoms with E-state index in [2.05, 4.69) is 9.78 Å². The third-order valence-electron chi connectivity index (χ3n) is 1.37. The average Bonchev–Trinajstić information content (AvgIpc) is 2.15. The van der Waals surface area contributed by atoms with E-state index in [1.165, 1.54) is 12.1 Å². The summed E-state index contributed by atoms with van der Waals surface area (Å²) in [5.41, 5.74) is -0.0613. The molecule has 0 saturated heterocycles. The molecule has 5 nitrogen and oxygen atoms in total. The number of carboxylic acid groups (broad SMARTS) is 1. The maximum Gasteiger partial charge on any atom is 0.352 e. The van der Waals surface area contributed by atoms with Crippen LogP contribution in [-0.2, 0) is 9.68 Å². The Morgan fingerprint density at radius 3 is 2.50 bits per heavy atom. The van der Waals surface area contributed by atoms with Crippen LogP contribution in [0.3, 0.4) is 0 Å². The van der Waals surface area contributed by atoms with E-state index in [0.717, 1.165) is 6.92 Å². The summed E-state index contributed by atoms with van der Waals surface area (Å²) in [6.45, 7) is 1.16. The zero-order chi connectivity index (χ0) is 10.6. The molecule has 0 aliphatic rings. The SMILES string of the molecule is CC(=O)OOc1ccccc1C(=O)O. The van der Waals surface area contributed by atoms with E-state index in [-0.39, 0.29) is 11.3 Å². The molecule has 0 aliphatic heterocycles. The van der Waals surface area contributed by atoms with Gasteiger partial charge in [-0.25, -0.2) is 9.59 Å². The van der Waals surface area contributed by atoms with Crippen LogP contribution in [0.5, 0.6) is 5.75 Å². The van der Waals surface area contributed by atoms with Gasteiger partial charge in [-0.2, -0.15) is 0 Å². The lowest BCUT2D eigenvalue weighted by atomic mass is 10.2. The predicted octanol–water partition coefficient (Wildman–Crippen LogP) is 1.24. The molecule has 0 saturated carbocycles. The van der Waals surface area contributed by atoms with Crippen molar-refractivity contribution in [1.29, 1.82) is 0 Å². The van der Waals surface area contributed by atoms with Crippen molar-refractivity contribution in [3.63, 3.8) is 0 Å². The summed E-state index contributed by atoms with van der Waals surface area (Å²) in [5.74, 6) is -1.80. The van der Waals surface area contributed by atoms with E-state index in [1.807, 2.05) is 0 Å². The standard InChI is InChI=1S/C9H8O5/c1-6(10)13-14-8-5-3-2-4-7(8)9(11)12/h2-5H,1H3,(H,11,12). The second-order valence-electron chi connectivity index (χ2n) is 2.46. The van der Waals surface area contributed by atoms with Crippen LogP contribution >= 0.6 is 0 Å². The maximum atomic E-state index is 10.6. The molecule has 0 fully saturated rings. The van der Waals surface area contributed by atoms with Gasteiger partial charge in [0.15, 0.2) is 5.75 Å². The molecule has 14 heavy (non-hydrogen) atoms. The zero-order valence-electron chi connectivity index (χ0n) is 7.39. The highest BCUT2D eigenvalue weighted by Gasteiger charge is 2.11. The fraction of sp³-hybridized carbons (Fsp3) is 0.111. The molecule has 0 aromatic heterocycles. The van der Waals surface area contributed by atoms with Crippen LogP contribution in [0.2, 0.25) is 0 Å². The van der Waals surface area contributed by atoms with Gasteiger partial charge < -0.3 is 5.11 Å². The van der Waals surface area contributed by atoms with Crippen LogP contribution in [0.15, 0.2) is 24.3 Å². The molecular formula is C9H8O5.